The van der Waals surface area contributed by atoms with Gasteiger partial charge in [0, 0.05) is 24.6 Å². The third kappa shape index (κ3) is 42.8. The zero-order valence-electron chi connectivity index (χ0n) is 49.4. The van der Waals surface area contributed by atoms with Crippen molar-refractivity contribution in [2.45, 2.75) is 336 Å². The highest BCUT2D eigenvalue weighted by Gasteiger charge is 2.35. The van der Waals surface area contributed by atoms with Crippen LogP contribution in [0.15, 0.2) is 0 Å². The Bertz CT molecular complexity index is 958. The van der Waals surface area contributed by atoms with Crippen molar-refractivity contribution in [1.29, 1.82) is 0 Å². The largest absolute Gasteiger partial charge is 0.306 e. The van der Waals surface area contributed by atoms with Crippen LogP contribution in [0, 0.1) is 35.5 Å². The molecule has 0 bridgehead atoms. The van der Waals surface area contributed by atoms with Crippen molar-refractivity contribution in [3.8, 4) is 0 Å². The molecular weight excluding hydrogens is 885 g/mol. The Hall–Kier alpha value is 0.620. The van der Waals surface area contributed by atoms with Crippen molar-refractivity contribution in [2.24, 2.45) is 35.5 Å². The predicted molar refractivity (Wildman–Crippen MR) is 325 cm³/mol. The van der Waals surface area contributed by atoms with Crippen LogP contribution in [-0.2, 0) is 0 Å². The van der Waals surface area contributed by atoms with Crippen molar-refractivity contribution in [3.05, 3.63) is 0 Å². The lowest BCUT2D eigenvalue weighted by Gasteiger charge is -2.22. The Morgan fingerprint density at radius 2 is 0.514 bits per heavy atom. The van der Waals surface area contributed by atoms with Crippen molar-refractivity contribution in [1.82, 2.24) is 9.80 Å². The van der Waals surface area contributed by atoms with Crippen LogP contribution in [0.2, 0.25) is 0 Å². The molecule has 2 nitrogen and oxygen atoms in total. The van der Waals surface area contributed by atoms with Crippen LogP contribution in [0.1, 0.15) is 336 Å². The van der Waals surface area contributed by atoms with Crippen LogP contribution in [0.3, 0.4) is 0 Å². The smallest absolute Gasteiger partial charge is 0.0165 e. The summed E-state index contributed by atoms with van der Waals surface area (Å²) < 4.78 is 0. The average Bonchev–Trinajstić information content (AvgIpc) is 4.30. The second-order valence-corrected chi connectivity index (χ2v) is 27.4. The molecule has 2 aliphatic carbocycles. The molecule has 0 radical (unpaired) electrons. The van der Waals surface area contributed by atoms with Gasteiger partial charge >= 0.3 is 0 Å². The first kappa shape index (κ1) is 66.7. The Labute approximate surface area is 452 Å². The van der Waals surface area contributed by atoms with Gasteiger partial charge in [-0.05, 0) is 88.4 Å². The monoisotopic (exact) mass is 1020 g/mol. The van der Waals surface area contributed by atoms with E-state index < -0.39 is 0 Å². The van der Waals surface area contributed by atoms with Gasteiger partial charge in [-0.25, -0.2) is 0 Å². The summed E-state index contributed by atoms with van der Waals surface area (Å²) in [5.74, 6) is 8.91. The van der Waals surface area contributed by atoms with Crippen LogP contribution in [0.5, 0.6) is 0 Å². The molecule has 0 aromatic rings. The number of nitrogens with zero attached hydrogens (tertiary/aromatic N) is 2. The molecule has 0 aromatic carbocycles. The highest BCUT2D eigenvalue weighted by atomic mass is 33.1. The lowest BCUT2D eigenvalue weighted by atomic mass is 9.91. The van der Waals surface area contributed by atoms with Crippen LogP contribution in [-0.4, -0.2) is 61.6 Å². The molecule has 0 amide bonds. The summed E-state index contributed by atoms with van der Waals surface area (Å²) in [5, 5.41) is 0. The first-order chi connectivity index (χ1) is 34.5. The SMILES string of the molecule is CCCCCCCCC(CCCCCCCCC1CC1CCCCCCCC)CCN(C)CCSSCCN(C)CCC(CCCCCCCC)CCCCCCCCC1CC1CCCCCCCC. The molecule has 70 heavy (non-hydrogen) atoms. The summed E-state index contributed by atoms with van der Waals surface area (Å²) in [7, 11) is 9.09. The topological polar surface area (TPSA) is 6.48 Å². The average molecular weight is 1020 g/mol. The molecular formula is C66H132N2S2. The minimum Gasteiger partial charge on any atom is -0.306 e. The van der Waals surface area contributed by atoms with E-state index in [2.05, 4.69) is 73.2 Å². The molecule has 4 heteroatoms. The summed E-state index contributed by atoms with van der Waals surface area (Å²) in [5.41, 5.74) is 0. The summed E-state index contributed by atoms with van der Waals surface area (Å²) in [6, 6.07) is 0. The highest BCUT2D eigenvalue weighted by Crippen LogP contribution is 2.46. The van der Waals surface area contributed by atoms with E-state index in [0.717, 1.165) is 35.5 Å². The van der Waals surface area contributed by atoms with Gasteiger partial charge in [0.2, 0.25) is 0 Å². The molecule has 2 fully saturated rings. The fraction of sp³-hybridized carbons (Fsp3) is 1.00. The Balaban J connectivity index is 1.52. The van der Waals surface area contributed by atoms with E-state index in [4.69, 9.17) is 0 Å². The van der Waals surface area contributed by atoms with Gasteiger partial charge in [-0.15, -0.1) is 0 Å². The van der Waals surface area contributed by atoms with Crippen LogP contribution in [0.4, 0.5) is 0 Å². The van der Waals surface area contributed by atoms with Crippen molar-refractivity contribution in [2.75, 3.05) is 51.8 Å². The lowest BCUT2D eigenvalue weighted by molar-refractivity contribution is 0.290. The maximum Gasteiger partial charge on any atom is 0.0165 e. The number of hydrogen-bond donors (Lipinski definition) is 0. The zero-order chi connectivity index (χ0) is 50.2. The third-order valence-electron chi connectivity index (χ3n) is 17.8. The van der Waals surface area contributed by atoms with E-state index in [9.17, 15) is 0 Å². The van der Waals surface area contributed by atoms with Crippen molar-refractivity contribution >= 4 is 21.6 Å². The van der Waals surface area contributed by atoms with Crippen molar-refractivity contribution in [3.63, 3.8) is 0 Å². The van der Waals surface area contributed by atoms with Crippen LogP contribution in [0.25, 0.3) is 0 Å². The molecule has 6 atom stereocenters. The minimum absolute atomic E-state index is 0.953. The highest BCUT2D eigenvalue weighted by molar-refractivity contribution is 8.76. The fourth-order valence-electron chi connectivity index (χ4n) is 12.3. The standard InChI is InChI=1S/C66H132N2S2/c1-7-11-15-19-27-35-43-61(45-37-29-23-25-33-41-49-65-59-63(65)47-39-31-21-17-13-9-3)51-53-67(5)55-57-69-70-58-56-68(6)54-52-62(44-36-28-20-16-12-8-2)46-38-30-24-26-34-42-50-66-60-64(66)48-40-32-22-18-14-10-4/h61-66H,7-60H2,1-6H3. The molecule has 2 aliphatic rings. The van der Waals surface area contributed by atoms with Gasteiger partial charge in [0.1, 0.15) is 0 Å². The first-order valence-corrected chi connectivity index (χ1v) is 35.6. The van der Waals surface area contributed by atoms with E-state index in [0.29, 0.717) is 0 Å². The molecule has 0 saturated heterocycles. The van der Waals surface area contributed by atoms with E-state index in [-0.39, 0.29) is 0 Å². The number of rotatable bonds is 59. The third-order valence-corrected chi connectivity index (χ3v) is 20.2. The maximum absolute atomic E-state index is 2.66. The Morgan fingerprint density at radius 1 is 0.286 bits per heavy atom. The number of hydrogen-bond acceptors (Lipinski definition) is 4. The molecule has 0 aromatic heterocycles. The Kier molecular flexibility index (Phi) is 48.1. The summed E-state index contributed by atoms with van der Waals surface area (Å²) >= 11 is 0. The van der Waals surface area contributed by atoms with E-state index in [1.807, 2.05) is 0 Å². The normalized spacial score (nSPS) is 18.7. The minimum atomic E-state index is 0.953. The molecule has 2 rings (SSSR count). The molecule has 0 N–H and O–H groups in total. The maximum atomic E-state index is 2.66. The predicted octanol–water partition coefficient (Wildman–Crippen LogP) is 22.8. The van der Waals surface area contributed by atoms with E-state index in [1.165, 1.54) is 307 Å². The summed E-state index contributed by atoms with van der Waals surface area (Å²) in [6.45, 7) is 14.5. The summed E-state index contributed by atoms with van der Waals surface area (Å²) in [6.07, 6.45) is 70.9. The quantitative estimate of drug-likeness (QED) is 0.0442. The molecule has 418 valence electrons. The van der Waals surface area contributed by atoms with Gasteiger partial charge < -0.3 is 9.80 Å². The second-order valence-electron chi connectivity index (χ2n) is 24.7. The number of unbranched alkanes of at least 4 members (excludes halogenated alkanes) is 30. The van der Waals surface area contributed by atoms with Crippen molar-refractivity contribution < 1.29 is 0 Å². The van der Waals surface area contributed by atoms with Crippen LogP contribution >= 0.6 is 21.6 Å². The molecule has 0 aliphatic heterocycles. The van der Waals surface area contributed by atoms with Gasteiger partial charge in [-0.3, -0.25) is 0 Å². The van der Waals surface area contributed by atoms with E-state index in [1.54, 1.807) is 38.5 Å². The van der Waals surface area contributed by atoms with Gasteiger partial charge in [-0.1, -0.05) is 332 Å². The first-order valence-electron chi connectivity index (χ1n) is 33.1. The van der Waals surface area contributed by atoms with Gasteiger partial charge in [0.05, 0.1) is 0 Å². The zero-order valence-corrected chi connectivity index (χ0v) is 51.0. The lowest BCUT2D eigenvalue weighted by Crippen LogP contribution is -2.25. The molecule has 0 spiro atoms. The van der Waals surface area contributed by atoms with Gasteiger partial charge in [0.15, 0.2) is 0 Å². The molecule has 0 heterocycles. The Morgan fingerprint density at radius 3 is 0.771 bits per heavy atom. The van der Waals surface area contributed by atoms with Crippen LogP contribution < -0.4 is 0 Å². The van der Waals surface area contributed by atoms with Gasteiger partial charge in [-0.2, -0.15) is 0 Å². The van der Waals surface area contributed by atoms with Gasteiger partial charge in [0.25, 0.3) is 0 Å². The molecule has 2 saturated carbocycles. The van der Waals surface area contributed by atoms with E-state index >= 15 is 0 Å². The fourth-order valence-corrected chi connectivity index (χ4v) is 14.5. The molecule has 6 unspecified atom stereocenters. The second kappa shape index (κ2) is 50.4. The summed E-state index contributed by atoms with van der Waals surface area (Å²) in [4.78, 5) is 5.33.